The van der Waals surface area contributed by atoms with Crippen LogP contribution in [0, 0.1) is 0 Å². The van der Waals surface area contributed by atoms with Crippen LogP contribution in [0.25, 0.3) is 0 Å². The van der Waals surface area contributed by atoms with E-state index in [-0.39, 0.29) is 17.7 Å². The molecular formula is C20H27N3O3S3. The summed E-state index contributed by atoms with van der Waals surface area (Å²) in [6, 6.07) is 3.16. The first-order chi connectivity index (χ1) is 13.1. The highest BCUT2D eigenvalue weighted by atomic mass is 32.2. The van der Waals surface area contributed by atoms with Crippen LogP contribution in [0.3, 0.4) is 0 Å². The number of nitrogens with zero attached hydrogens (tertiary/aromatic N) is 1. The average Bonchev–Trinajstić information content (AvgIpc) is 3.33. The Hall–Kier alpha value is -1.39. The number of urea groups is 1. The summed E-state index contributed by atoms with van der Waals surface area (Å²) in [5, 5.41) is 20.6. The van der Waals surface area contributed by atoms with E-state index < -0.39 is 21.5 Å². The second-order valence-electron chi connectivity index (χ2n) is 8.04. The van der Waals surface area contributed by atoms with Crippen molar-refractivity contribution in [3.63, 3.8) is 0 Å². The van der Waals surface area contributed by atoms with E-state index in [2.05, 4.69) is 15.7 Å². The van der Waals surface area contributed by atoms with E-state index in [1.165, 1.54) is 22.3 Å². The summed E-state index contributed by atoms with van der Waals surface area (Å²) in [6.45, 7) is 3.27. The summed E-state index contributed by atoms with van der Waals surface area (Å²) >= 11 is 1.14. The van der Waals surface area contributed by atoms with Gasteiger partial charge in [-0.25, -0.2) is 14.1 Å². The van der Waals surface area contributed by atoms with Crippen molar-refractivity contribution in [3.8, 4) is 0 Å². The van der Waals surface area contributed by atoms with E-state index in [0.717, 1.165) is 55.5 Å². The van der Waals surface area contributed by atoms with E-state index in [0.29, 0.717) is 5.56 Å². The normalized spacial score (nSPS) is 17.1. The number of nitrogens with one attached hydrogen (secondary N) is 1. The van der Waals surface area contributed by atoms with Gasteiger partial charge in [0.2, 0.25) is 0 Å². The molecule has 4 rings (SSSR count). The third kappa shape index (κ3) is 4.39. The molecule has 1 aromatic heterocycles. The van der Waals surface area contributed by atoms with Gasteiger partial charge in [-0.3, -0.25) is 0 Å². The van der Waals surface area contributed by atoms with E-state index in [9.17, 15) is 14.1 Å². The zero-order chi connectivity index (χ0) is 20.1. The van der Waals surface area contributed by atoms with Crippen molar-refractivity contribution in [2.45, 2.75) is 62.2 Å². The number of anilines is 1. The quantitative estimate of drug-likeness (QED) is 0.654. The Morgan fingerprint density at radius 2 is 1.76 bits per heavy atom. The Morgan fingerprint density at radius 3 is 2.28 bits per heavy atom. The fraction of sp³-hybridized carbons (Fsp3) is 0.450. The first kappa shape index (κ1) is 22.3. The van der Waals surface area contributed by atoms with Crippen molar-refractivity contribution < 1.29 is 14.1 Å². The summed E-state index contributed by atoms with van der Waals surface area (Å²) in [6.07, 6.45) is 6.12. The van der Waals surface area contributed by atoms with Crippen molar-refractivity contribution in [2.75, 3.05) is 5.32 Å². The number of thiophene rings is 1. The number of aliphatic hydroxyl groups is 1. The number of benzene rings is 1. The number of nitrogens with two attached hydrogens (primary N) is 1. The van der Waals surface area contributed by atoms with Crippen LogP contribution in [-0.2, 0) is 41.2 Å². The Kier molecular flexibility index (Phi) is 6.18. The summed E-state index contributed by atoms with van der Waals surface area (Å²) in [5.41, 5.74) is 5.36. The fourth-order valence-corrected chi connectivity index (χ4v) is 6.34. The average molecular weight is 454 g/mol. The van der Waals surface area contributed by atoms with Gasteiger partial charge < -0.3 is 10.4 Å². The molecule has 1 unspecified atom stereocenters. The summed E-state index contributed by atoms with van der Waals surface area (Å²) in [5.74, 6) is 0. The van der Waals surface area contributed by atoms with Gasteiger partial charge in [0.25, 0.3) is 0 Å². The lowest BCUT2D eigenvalue weighted by Gasteiger charge is -2.15. The van der Waals surface area contributed by atoms with Gasteiger partial charge in [-0.05, 0) is 91.6 Å². The number of rotatable bonds is 3. The first-order valence-electron chi connectivity index (χ1n) is 9.49. The smallest absolute Gasteiger partial charge is 0.354 e. The van der Waals surface area contributed by atoms with Crippen LogP contribution in [0.5, 0.6) is 0 Å². The number of hydrogen-bond donors (Lipinski definition) is 3. The van der Waals surface area contributed by atoms with Crippen LogP contribution in [-0.4, -0.2) is 15.3 Å². The molecule has 6 nitrogen and oxygen atoms in total. The highest BCUT2D eigenvalue weighted by molar-refractivity contribution is 7.93. The standard InChI is InChI=1S/C20H25N3O3S2.H2S/c1-20(2,25)14-10-17(27-11-14)28(21,26)23-19(24)22-18-15-7-3-5-12(15)9-13-6-4-8-16(13)18;/h9-11,25H,3-8H2,1-2H3,(H3,21,22,23,24,26);1H2. The predicted octanol–water partition coefficient (Wildman–Crippen LogP) is 4.00. The molecule has 9 heteroatoms. The number of fused-ring (bicyclic) bond motifs is 2. The molecule has 158 valence electrons. The molecule has 1 heterocycles. The Labute approximate surface area is 182 Å². The molecule has 0 radical (unpaired) electrons. The van der Waals surface area contributed by atoms with Gasteiger partial charge in [0.15, 0.2) is 9.92 Å². The van der Waals surface area contributed by atoms with Crippen molar-refractivity contribution in [1.29, 1.82) is 0 Å². The molecule has 1 aromatic carbocycles. The minimum atomic E-state index is -3.38. The third-order valence-corrected chi connectivity index (χ3v) is 8.35. The minimum Gasteiger partial charge on any atom is -0.386 e. The molecule has 1 atom stereocenters. The number of carbonyl (C=O) groups is 1. The number of hydrogen-bond acceptors (Lipinski definition) is 4. The molecule has 2 aliphatic rings. The van der Waals surface area contributed by atoms with Crippen LogP contribution in [0.15, 0.2) is 26.1 Å². The SMILES string of the molecule is CC(C)(O)c1csc(S(N)(=O)=NC(=O)Nc2c3c(cc4c2CCC4)CCC3)c1.S. The molecule has 0 saturated carbocycles. The molecule has 4 N–H and O–H groups in total. The van der Waals surface area contributed by atoms with Gasteiger partial charge in [0, 0.05) is 5.69 Å². The number of aryl methyl sites for hydroxylation is 2. The second kappa shape index (κ2) is 8.03. The van der Waals surface area contributed by atoms with Crippen molar-refractivity contribution in [3.05, 3.63) is 45.3 Å². The van der Waals surface area contributed by atoms with Gasteiger partial charge in [-0.15, -0.1) is 15.7 Å². The van der Waals surface area contributed by atoms with Crippen molar-refractivity contribution in [2.24, 2.45) is 9.50 Å². The van der Waals surface area contributed by atoms with Crippen LogP contribution < -0.4 is 10.5 Å². The lowest BCUT2D eigenvalue weighted by Crippen LogP contribution is -2.18. The molecule has 2 aliphatic carbocycles. The summed E-state index contributed by atoms with van der Waals surface area (Å²) < 4.78 is 17.0. The maximum absolute atomic E-state index is 12.9. The van der Waals surface area contributed by atoms with E-state index >= 15 is 0 Å². The Bertz CT molecular complexity index is 1040. The highest BCUT2D eigenvalue weighted by Crippen LogP contribution is 2.38. The summed E-state index contributed by atoms with van der Waals surface area (Å²) in [4.78, 5) is 12.6. The molecular weight excluding hydrogens is 426 g/mol. The maximum Gasteiger partial charge on any atom is 0.354 e. The van der Waals surface area contributed by atoms with Gasteiger partial charge >= 0.3 is 6.03 Å². The van der Waals surface area contributed by atoms with Gasteiger partial charge in [0.1, 0.15) is 4.21 Å². The third-order valence-electron chi connectivity index (χ3n) is 5.49. The molecule has 29 heavy (non-hydrogen) atoms. The van der Waals surface area contributed by atoms with Gasteiger partial charge in [-0.2, -0.15) is 13.5 Å². The van der Waals surface area contributed by atoms with Crippen molar-refractivity contribution >= 4 is 46.5 Å². The summed E-state index contributed by atoms with van der Waals surface area (Å²) in [7, 11) is -3.38. The Balaban J connectivity index is 0.00000240. The van der Waals surface area contributed by atoms with Crippen LogP contribution in [0.4, 0.5) is 10.5 Å². The molecule has 2 aromatic rings. The van der Waals surface area contributed by atoms with Crippen LogP contribution >= 0.6 is 24.8 Å². The van der Waals surface area contributed by atoms with Gasteiger partial charge in [0.05, 0.1) is 5.60 Å². The van der Waals surface area contributed by atoms with Gasteiger partial charge in [-0.1, -0.05) is 6.07 Å². The second-order valence-corrected chi connectivity index (χ2v) is 11.0. The molecule has 0 saturated heterocycles. The molecule has 0 spiro atoms. The van der Waals surface area contributed by atoms with E-state index in [1.807, 2.05) is 0 Å². The zero-order valence-electron chi connectivity index (χ0n) is 16.6. The minimum absolute atomic E-state index is 0. The predicted molar refractivity (Wildman–Crippen MR) is 122 cm³/mol. The van der Waals surface area contributed by atoms with E-state index in [1.54, 1.807) is 25.3 Å². The Morgan fingerprint density at radius 1 is 1.17 bits per heavy atom. The molecule has 2 amide bonds. The lowest BCUT2D eigenvalue weighted by atomic mass is 9.99. The number of amides is 2. The largest absolute Gasteiger partial charge is 0.386 e. The lowest BCUT2D eigenvalue weighted by molar-refractivity contribution is 0.0789. The highest BCUT2D eigenvalue weighted by Gasteiger charge is 2.26. The molecule has 0 aliphatic heterocycles. The van der Waals surface area contributed by atoms with Crippen molar-refractivity contribution in [1.82, 2.24) is 0 Å². The van der Waals surface area contributed by atoms with E-state index in [4.69, 9.17) is 5.14 Å². The topological polar surface area (TPSA) is 105 Å². The molecule has 0 fully saturated rings. The number of carbonyl (C=O) groups excluding carboxylic acids is 1. The van der Waals surface area contributed by atoms with Crippen LogP contribution in [0.1, 0.15) is 54.5 Å². The maximum atomic E-state index is 12.9. The first-order valence-corrected chi connectivity index (χ1v) is 11.9. The van der Waals surface area contributed by atoms with Crippen LogP contribution in [0.2, 0.25) is 0 Å². The molecule has 0 bridgehead atoms. The fourth-order valence-electron chi connectivity index (χ4n) is 4.06. The zero-order valence-corrected chi connectivity index (χ0v) is 19.2. The monoisotopic (exact) mass is 453 g/mol.